The minimum atomic E-state index is -0.676. The van der Waals surface area contributed by atoms with Crippen molar-refractivity contribution in [2.24, 2.45) is 0 Å². The van der Waals surface area contributed by atoms with Gasteiger partial charge in [0.15, 0.2) is 0 Å². The molecule has 69 heavy (non-hydrogen) atoms. The summed E-state index contributed by atoms with van der Waals surface area (Å²) in [4.78, 5) is 5.19. The number of aromatic nitrogens is 1. The first-order valence-electron chi connectivity index (χ1n) is 24.4. The molecule has 0 atom stereocenters. The van der Waals surface area contributed by atoms with Crippen LogP contribution in [0.4, 0.5) is 22.7 Å². The van der Waals surface area contributed by atoms with Gasteiger partial charge in [0, 0.05) is 38.9 Å². The molecule has 0 amide bonds. The zero-order valence-corrected chi connectivity index (χ0v) is 39.6. The number of fused-ring (bicyclic) bond motifs is 5. The number of para-hydroxylation sites is 3. The molecule has 0 saturated carbocycles. The molecule has 0 spiro atoms. The van der Waals surface area contributed by atoms with Crippen molar-refractivity contribution >= 4 is 55.3 Å². The quantitative estimate of drug-likeness (QED) is 0.136. The van der Waals surface area contributed by atoms with E-state index in [2.05, 4.69) is 285 Å². The molecule has 333 valence electrons. The first-order valence-corrected chi connectivity index (χ1v) is 24.4. The molecule has 0 N–H and O–H groups in total. The lowest BCUT2D eigenvalue weighted by Gasteiger charge is -2.46. The molecule has 1 aliphatic heterocycles. The highest BCUT2D eigenvalue weighted by Crippen LogP contribution is 2.59. The molecule has 0 aliphatic carbocycles. The number of nitrogens with zero attached hydrogens (tertiary/aromatic N) is 3. The lowest BCUT2D eigenvalue weighted by molar-refractivity contribution is 0.613. The van der Waals surface area contributed by atoms with Crippen molar-refractivity contribution in [1.29, 1.82) is 0 Å². The van der Waals surface area contributed by atoms with Crippen molar-refractivity contribution in [2.75, 3.05) is 9.80 Å². The summed E-state index contributed by atoms with van der Waals surface area (Å²) in [6.45, 7) is 9.36. The SMILES string of the molecule is CC(C)c1cccc(C(C)C)c1N1[C](c2ccc(N(c3ccc4c(c3)c3ccccc3n4-c3ccccc3)c3cccc4ccccc34)cc2)c2ccccc2C1(c1ccccc1)c1ccccc1. The Morgan fingerprint density at radius 1 is 0.420 bits per heavy atom. The number of hydrogen-bond donors (Lipinski definition) is 0. The molecule has 3 heteroatoms. The van der Waals surface area contributed by atoms with Crippen LogP contribution in [0.2, 0.25) is 0 Å². The van der Waals surface area contributed by atoms with Crippen LogP contribution in [0.1, 0.15) is 78.5 Å². The lowest BCUT2D eigenvalue weighted by atomic mass is 9.76. The van der Waals surface area contributed by atoms with Crippen LogP contribution < -0.4 is 9.80 Å². The van der Waals surface area contributed by atoms with E-state index in [0.29, 0.717) is 0 Å². The Morgan fingerprint density at radius 3 is 1.64 bits per heavy atom. The van der Waals surface area contributed by atoms with Crippen molar-refractivity contribution in [2.45, 2.75) is 45.1 Å². The standard InChI is InChI=1S/C66H54N3/c1-45(2)54-33-21-34-55(46(3)4)65(54)69-64(58-32-16-18-35-60(58)66(69,49-24-8-5-9-25-49)50-26-10-6-11-27-50)48-38-40-52(41-39-48)67(61-37-20-23-47-22-14-15-30-56(47)61)53-42-43-63-59(44-53)57-31-17-19-36-62(57)68(63)51-28-12-7-13-29-51/h5-46H,1-4H3. The van der Waals surface area contributed by atoms with Crippen LogP contribution in [0.3, 0.4) is 0 Å². The highest BCUT2D eigenvalue weighted by molar-refractivity contribution is 6.11. The maximum absolute atomic E-state index is 2.74. The fraction of sp³-hybridized carbons (Fsp3) is 0.106. The molecule has 0 fully saturated rings. The van der Waals surface area contributed by atoms with Gasteiger partial charge in [-0.25, -0.2) is 0 Å². The third-order valence-corrected chi connectivity index (χ3v) is 14.4. The second-order valence-corrected chi connectivity index (χ2v) is 19.0. The average molecular weight is 889 g/mol. The van der Waals surface area contributed by atoms with Crippen molar-refractivity contribution in [1.82, 2.24) is 4.57 Å². The lowest BCUT2D eigenvalue weighted by Crippen LogP contribution is -2.46. The van der Waals surface area contributed by atoms with Crippen molar-refractivity contribution in [3.63, 3.8) is 0 Å². The van der Waals surface area contributed by atoms with Crippen LogP contribution >= 0.6 is 0 Å². The van der Waals surface area contributed by atoms with Gasteiger partial charge < -0.3 is 14.4 Å². The smallest absolute Gasteiger partial charge is 0.124 e. The summed E-state index contributed by atoms with van der Waals surface area (Å²) < 4.78 is 2.39. The van der Waals surface area contributed by atoms with Gasteiger partial charge in [-0.3, -0.25) is 0 Å². The zero-order valence-electron chi connectivity index (χ0n) is 39.6. The van der Waals surface area contributed by atoms with Gasteiger partial charge in [0.2, 0.25) is 0 Å². The number of hydrogen-bond acceptors (Lipinski definition) is 2. The third kappa shape index (κ3) is 6.78. The highest BCUT2D eigenvalue weighted by atomic mass is 15.3. The fourth-order valence-corrected chi connectivity index (χ4v) is 11.4. The average Bonchev–Trinajstić information content (AvgIpc) is 3.90. The van der Waals surface area contributed by atoms with Gasteiger partial charge in [-0.15, -0.1) is 0 Å². The first kappa shape index (κ1) is 42.2. The molecule has 12 rings (SSSR count). The second-order valence-electron chi connectivity index (χ2n) is 19.0. The highest BCUT2D eigenvalue weighted by Gasteiger charge is 2.54. The van der Waals surface area contributed by atoms with Crippen LogP contribution in [0.5, 0.6) is 0 Å². The zero-order chi connectivity index (χ0) is 46.6. The van der Waals surface area contributed by atoms with Gasteiger partial charge in [-0.1, -0.05) is 216 Å². The Kier molecular flexibility index (Phi) is 10.5. The van der Waals surface area contributed by atoms with E-state index in [1.807, 2.05) is 0 Å². The Balaban J connectivity index is 1.10. The Morgan fingerprint density at radius 2 is 0.957 bits per heavy atom. The van der Waals surface area contributed by atoms with Gasteiger partial charge >= 0.3 is 0 Å². The normalized spacial score (nSPS) is 13.5. The maximum atomic E-state index is 2.74. The van der Waals surface area contributed by atoms with E-state index in [-0.39, 0.29) is 11.8 Å². The fourth-order valence-electron chi connectivity index (χ4n) is 11.4. The topological polar surface area (TPSA) is 11.4 Å². The summed E-state index contributed by atoms with van der Waals surface area (Å²) in [6, 6.07) is 91.0. The van der Waals surface area contributed by atoms with Crippen LogP contribution in [0, 0.1) is 6.04 Å². The van der Waals surface area contributed by atoms with Crippen LogP contribution in [0.15, 0.2) is 243 Å². The van der Waals surface area contributed by atoms with Crippen LogP contribution in [-0.2, 0) is 5.54 Å². The monoisotopic (exact) mass is 888 g/mol. The van der Waals surface area contributed by atoms with Gasteiger partial charge in [-0.2, -0.15) is 0 Å². The molecule has 0 saturated heterocycles. The van der Waals surface area contributed by atoms with Gasteiger partial charge in [0.25, 0.3) is 0 Å². The maximum Gasteiger partial charge on any atom is 0.124 e. The summed E-state index contributed by atoms with van der Waals surface area (Å²) in [5.74, 6) is 0.562. The first-order chi connectivity index (χ1) is 33.9. The van der Waals surface area contributed by atoms with Crippen molar-refractivity contribution in [3.05, 3.63) is 288 Å². The van der Waals surface area contributed by atoms with Crippen LogP contribution in [-0.4, -0.2) is 4.57 Å². The van der Waals surface area contributed by atoms with Gasteiger partial charge in [0.1, 0.15) is 11.6 Å². The van der Waals surface area contributed by atoms with Crippen molar-refractivity contribution in [3.8, 4) is 5.69 Å². The molecule has 11 aromatic rings. The number of rotatable bonds is 10. The van der Waals surface area contributed by atoms with E-state index in [4.69, 9.17) is 0 Å². The van der Waals surface area contributed by atoms with E-state index in [9.17, 15) is 0 Å². The molecule has 2 heterocycles. The molecule has 0 bridgehead atoms. The minimum absolute atomic E-state index is 0.281. The molecule has 1 aliphatic rings. The summed E-state index contributed by atoms with van der Waals surface area (Å²) in [7, 11) is 0. The minimum Gasteiger partial charge on any atom is -0.336 e. The molecular weight excluding hydrogens is 835 g/mol. The van der Waals surface area contributed by atoms with E-state index >= 15 is 0 Å². The summed E-state index contributed by atoms with van der Waals surface area (Å²) >= 11 is 0. The number of anilines is 4. The Hall–Kier alpha value is -8.14. The summed E-state index contributed by atoms with van der Waals surface area (Å²) in [6.07, 6.45) is 0. The van der Waals surface area contributed by atoms with Crippen LogP contribution in [0.25, 0.3) is 38.3 Å². The second kappa shape index (κ2) is 17.2. The molecular formula is C66H54N3. The van der Waals surface area contributed by atoms with Gasteiger partial charge in [0.05, 0.1) is 16.7 Å². The van der Waals surface area contributed by atoms with Crippen molar-refractivity contribution < 1.29 is 0 Å². The molecule has 0 unspecified atom stereocenters. The summed E-state index contributed by atoms with van der Waals surface area (Å²) in [5.41, 5.74) is 16.3. The third-order valence-electron chi connectivity index (χ3n) is 14.4. The van der Waals surface area contributed by atoms with E-state index in [1.54, 1.807) is 0 Å². The summed E-state index contributed by atoms with van der Waals surface area (Å²) in [5, 5.41) is 4.84. The largest absolute Gasteiger partial charge is 0.336 e. The Bertz CT molecular complexity index is 3560. The molecule has 1 aromatic heterocycles. The van der Waals surface area contributed by atoms with E-state index < -0.39 is 5.54 Å². The Labute approximate surface area is 406 Å². The molecule has 3 nitrogen and oxygen atoms in total. The number of benzene rings is 10. The van der Waals surface area contributed by atoms with E-state index in [0.717, 1.165) is 28.3 Å². The molecule has 1 radical (unpaired) electrons. The van der Waals surface area contributed by atoms with Gasteiger partial charge in [-0.05, 0) is 111 Å². The molecule has 10 aromatic carbocycles. The predicted molar refractivity (Wildman–Crippen MR) is 291 cm³/mol. The predicted octanol–water partition coefficient (Wildman–Crippen LogP) is 17.4. The van der Waals surface area contributed by atoms with E-state index in [1.165, 1.54) is 77.7 Å².